The highest BCUT2D eigenvalue weighted by atomic mass is 16.6. The van der Waals surface area contributed by atoms with Gasteiger partial charge in [-0.1, -0.05) is 12.2 Å². The van der Waals surface area contributed by atoms with E-state index < -0.39 is 10.9 Å². The van der Waals surface area contributed by atoms with Crippen molar-refractivity contribution in [3.63, 3.8) is 0 Å². The molecule has 0 radical (unpaired) electrons. The number of methoxy groups -OCH3 is 1. The van der Waals surface area contributed by atoms with Crippen LogP contribution in [0.3, 0.4) is 0 Å². The second-order valence-electron chi connectivity index (χ2n) is 3.57. The molecule has 0 aliphatic heterocycles. The highest BCUT2D eigenvalue weighted by molar-refractivity contribution is 5.91. The number of nitrogens with zero attached hydrogens (tertiary/aromatic N) is 1. The summed E-state index contributed by atoms with van der Waals surface area (Å²) >= 11 is 0. The molecule has 0 aromatic heterocycles. The summed E-state index contributed by atoms with van der Waals surface area (Å²) in [6.07, 6.45) is 3.50. The predicted octanol–water partition coefficient (Wildman–Crippen LogP) is 1.31. The van der Waals surface area contributed by atoms with Crippen molar-refractivity contribution in [3.05, 3.63) is 46.0 Å². The Kier molecular flexibility index (Phi) is 5.49. The molecule has 102 valence electrons. The van der Waals surface area contributed by atoms with E-state index in [0.29, 0.717) is 18.8 Å². The van der Waals surface area contributed by atoms with E-state index in [1.807, 2.05) is 0 Å². The van der Waals surface area contributed by atoms with Crippen molar-refractivity contribution in [2.45, 2.75) is 0 Å². The van der Waals surface area contributed by atoms with E-state index >= 15 is 0 Å². The largest absolute Gasteiger partial charge is 0.465 e. The molecule has 7 nitrogen and oxygen atoms in total. The Labute approximate surface area is 110 Å². The maximum atomic E-state index is 11.3. The van der Waals surface area contributed by atoms with E-state index in [4.69, 9.17) is 5.73 Å². The topological polar surface area (TPSA) is 107 Å². The SMILES string of the molecule is COC(=O)c1ccc(NCC=CCN)c([N+](=O)[O-])c1. The standard InChI is InChI=1S/C12H15N3O4/c1-19-12(16)9-4-5-10(11(8-9)15(17)18)14-7-3-2-6-13/h2-5,8,14H,6-7,13H2,1H3. The molecular formula is C12H15N3O4. The van der Waals surface area contributed by atoms with Gasteiger partial charge in [-0.25, -0.2) is 4.79 Å². The second kappa shape index (κ2) is 7.12. The minimum absolute atomic E-state index is 0.136. The third-order valence-electron chi connectivity index (χ3n) is 2.33. The number of nitrogens with one attached hydrogen (secondary N) is 1. The number of benzene rings is 1. The number of esters is 1. The van der Waals surface area contributed by atoms with Crippen LogP contribution in [0.25, 0.3) is 0 Å². The molecule has 0 fully saturated rings. The average molecular weight is 265 g/mol. The van der Waals surface area contributed by atoms with Crippen LogP contribution in [0.15, 0.2) is 30.4 Å². The fraction of sp³-hybridized carbons (Fsp3) is 0.250. The number of nitrogens with two attached hydrogens (primary N) is 1. The molecule has 0 bridgehead atoms. The van der Waals surface area contributed by atoms with Crippen LogP contribution in [0.2, 0.25) is 0 Å². The van der Waals surface area contributed by atoms with Gasteiger partial charge in [-0.15, -0.1) is 0 Å². The number of anilines is 1. The fourth-order valence-corrected chi connectivity index (χ4v) is 1.43. The van der Waals surface area contributed by atoms with Gasteiger partial charge in [0.2, 0.25) is 0 Å². The van der Waals surface area contributed by atoms with E-state index in [-0.39, 0.29) is 11.3 Å². The number of hydrogen-bond donors (Lipinski definition) is 2. The van der Waals surface area contributed by atoms with Crippen LogP contribution in [-0.4, -0.2) is 31.1 Å². The fourth-order valence-electron chi connectivity index (χ4n) is 1.43. The number of hydrogen-bond acceptors (Lipinski definition) is 6. The lowest BCUT2D eigenvalue weighted by Crippen LogP contribution is -2.06. The molecule has 0 saturated heterocycles. The molecular weight excluding hydrogens is 250 g/mol. The van der Waals surface area contributed by atoms with Gasteiger partial charge in [-0.2, -0.15) is 0 Å². The van der Waals surface area contributed by atoms with Gasteiger partial charge >= 0.3 is 5.97 Å². The Hall–Kier alpha value is -2.41. The molecule has 0 spiro atoms. The molecule has 0 unspecified atom stereocenters. The number of carbonyl (C=O) groups excluding carboxylic acids is 1. The molecule has 0 aliphatic carbocycles. The predicted molar refractivity (Wildman–Crippen MR) is 71.1 cm³/mol. The normalized spacial score (nSPS) is 10.4. The Morgan fingerprint density at radius 1 is 1.53 bits per heavy atom. The number of rotatable bonds is 6. The average Bonchev–Trinajstić information content (AvgIpc) is 2.42. The Balaban J connectivity index is 2.95. The summed E-state index contributed by atoms with van der Waals surface area (Å²) < 4.78 is 4.52. The maximum absolute atomic E-state index is 11.3. The molecule has 1 aromatic rings. The van der Waals surface area contributed by atoms with Crippen LogP contribution < -0.4 is 11.1 Å². The lowest BCUT2D eigenvalue weighted by Gasteiger charge is -2.06. The van der Waals surface area contributed by atoms with E-state index in [2.05, 4.69) is 10.1 Å². The van der Waals surface area contributed by atoms with E-state index in [1.165, 1.54) is 25.3 Å². The summed E-state index contributed by atoms with van der Waals surface area (Å²) in [5.41, 5.74) is 5.57. The molecule has 7 heteroatoms. The van der Waals surface area contributed by atoms with Crippen molar-refractivity contribution in [2.75, 3.05) is 25.5 Å². The summed E-state index contributed by atoms with van der Waals surface area (Å²) in [4.78, 5) is 21.7. The van der Waals surface area contributed by atoms with Crippen LogP contribution in [0.4, 0.5) is 11.4 Å². The molecule has 0 atom stereocenters. The smallest absolute Gasteiger partial charge is 0.338 e. The van der Waals surface area contributed by atoms with Crippen molar-refractivity contribution >= 4 is 17.3 Å². The highest BCUT2D eigenvalue weighted by Gasteiger charge is 2.17. The first-order valence-corrected chi connectivity index (χ1v) is 5.55. The van der Waals surface area contributed by atoms with E-state index in [1.54, 1.807) is 12.2 Å². The number of carbonyl (C=O) groups is 1. The number of nitro benzene ring substituents is 1. The Morgan fingerprint density at radius 2 is 2.26 bits per heavy atom. The Bertz CT molecular complexity index is 500. The van der Waals surface area contributed by atoms with Crippen molar-refractivity contribution in [3.8, 4) is 0 Å². The number of ether oxygens (including phenoxy) is 1. The summed E-state index contributed by atoms with van der Waals surface area (Å²) in [6.45, 7) is 0.820. The lowest BCUT2D eigenvalue weighted by molar-refractivity contribution is -0.384. The van der Waals surface area contributed by atoms with Crippen molar-refractivity contribution in [2.24, 2.45) is 5.73 Å². The first kappa shape index (κ1) is 14.7. The van der Waals surface area contributed by atoms with Gasteiger partial charge in [0.15, 0.2) is 0 Å². The third kappa shape index (κ3) is 4.07. The van der Waals surface area contributed by atoms with Crippen molar-refractivity contribution in [1.82, 2.24) is 0 Å². The molecule has 0 heterocycles. The highest BCUT2D eigenvalue weighted by Crippen LogP contribution is 2.25. The van der Waals surface area contributed by atoms with Crippen LogP contribution >= 0.6 is 0 Å². The van der Waals surface area contributed by atoms with Crippen LogP contribution in [-0.2, 0) is 4.74 Å². The molecule has 0 aliphatic rings. The zero-order valence-corrected chi connectivity index (χ0v) is 10.5. The summed E-state index contributed by atoms with van der Waals surface area (Å²) in [5, 5.41) is 13.8. The Morgan fingerprint density at radius 3 is 2.84 bits per heavy atom. The van der Waals surface area contributed by atoms with Gasteiger partial charge in [0.1, 0.15) is 5.69 Å². The maximum Gasteiger partial charge on any atom is 0.338 e. The minimum Gasteiger partial charge on any atom is -0.465 e. The van der Waals surface area contributed by atoms with Crippen LogP contribution in [0, 0.1) is 10.1 Å². The molecule has 3 N–H and O–H groups in total. The van der Waals surface area contributed by atoms with Gasteiger partial charge in [0.25, 0.3) is 5.69 Å². The van der Waals surface area contributed by atoms with Crippen molar-refractivity contribution in [1.29, 1.82) is 0 Å². The third-order valence-corrected chi connectivity index (χ3v) is 2.33. The monoisotopic (exact) mass is 265 g/mol. The quantitative estimate of drug-likeness (QED) is 0.347. The minimum atomic E-state index is -0.613. The zero-order chi connectivity index (χ0) is 14.3. The summed E-state index contributed by atoms with van der Waals surface area (Å²) in [5.74, 6) is -0.613. The summed E-state index contributed by atoms with van der Waals surface area (Å²) in [6, 6.07) is 4.12. The first-order chi connectivity index (χ1) is 9.10. The molecule has 0 saturated carbocycles. The molecule has 1 rings (SSSR count). The van der Waals surface area contributed by atoms with E-state index in [0.717, 1.165) is 0 Å². The zero-order valence-electron chi connectivity index (χ0n) is 10.5. The molecule has 19 heavy (non-hydrogen) atoms. The van der Waals surface area contributed by atoms with Gasteiger partial charge < -0.3 is 15.8 Å². The van der Waals surface area contributed by atoms with Gasteiger partial charge in [0, 0.05) is 19.2 Å². The van der Waals surface area contributed by atoms with Crippen LogP contribution in [0.1, 0.15) is 10.4 Å². The van der Waals surface area contributed by atoms with Crippen molar-refractivity contribution < 1.29 is 14.5 Å². The number of nitro groups is 1. The van der Waals surface area contributed by atoms with Gasteiger partial charge in [-0.05, 0) is 12.1 Å². The second-order valence-corrected chi connectivity index (χ2v) is 3.57. The summed E-state index contributed by atoms with van der Waals surface area (Å²) in [7, 11) is 1.22. The van der Waals surface area contributed by atoms with E-state index in [9.17, 15) is 14.9 Å². The first-order valence-electron chi connectivity index (χ1n) is 5.55. The lowest BCUT2D eigenvalue weighted by atomic mass is 10.1. The van der Waals surface area contributed by atoms with Crippen LogP contribution in [0.5, 0.6) is 0 Å². The molecule has 1 aromatic carbocycles. The van der Waals surface area contributed by atoms with Gasteiger partial charge in [-0.3, -0.25) is 10.1 Å². The van der Waals surface area contributed by atoms with Gasteiger partial charge in [0.05, 0.1) is 17.6 Å². The molecule has 0 amide bonds.